The Hall–Kier alpha value is -2.07. The van der Waals surface area contributed by atoms with E-state index in [9.17, 15) is 9.59 Å². The van der Waals surface area contributed by atoms with Crippen LogP contribution in [-0.4, -0.2) is 21.9 Å². The Morgan fingerprint density at radius 2 is 2.21 bits per heavy atom. The summed E-state index contributed by atoms with van der Waals surface area (Å²) in [5, 5.41) is 9.25. The fourth-order valence-corrected chi connectivity index (χ4v) is 1.91. The highest BCUT2D eigenvalue weighted by Gasteiger charge is 2.10. The van der Waals surface area contributed by atoms with E-state index in [0.29, 0.717) is 16.8 Å². The maximum absolute atomic E-state index is 11.9. The molecule has 2 N–H and O–H groups in total. The van der Waals surface area contributed by atoms with Crippen molar-refractivity contribution in [2.75, 3.05) is 5.88 Å². The number of halogens is 1. The lowest BCUT2D eigenvalue weighted by Crippen LogP contribution is -2.15. The number of carbonyl (C=O) groups is 1. The summed E-state index contributed by atoms with van der Waals surface area (Å²) in [5.74, 6) is -0.669. The second-order valence-corrected chi connectivity index (χ2v) is 4.40. The number of fused-ring (bicyclic) bond motifs is 1. The number of rotatable bonds is 4. The average molecular weight is 278 g/mol. The lowest BCUT2D eigenvalue weighted by Gasteiger charge is -2.01. The lowest BCUT2D eigenvalue weighted by molar-refractivity contribution is 0.0695. The fourth-order valence-electron chi connectivity index (χ4n) is 1.78. The van der Waals surface area contributed by atoms with Gasteiger partial charge in [-0.3, -0.25) is 4.79 Å². The molecule has 0 radical (unpaired) electrons. The molecule has 1 heterocycles. The summed E-state index contributed by atoms with van der Waals surface area (Å²) in [5.41, 5.74) is 0.815. The van der Waals surface area contributed by atoms with E-state index in [1.807, 2.05) is 12.2 Å². The van der Waals surface area contributed by atoms with Crippen LogP contribution in [0.4, 0.5) is 0 Å². The minimum Gasteiger partial charge on any atom is -0.477 e. The first-order chi connectivity index (χ1) is 9.13. The number of pyridine rings is 1. The van der Waals surface area contributed by atoms with Gasteiger partial charge in [0, 0.05) is 23.0 Å². The summed E-state index contributed by atoms with van der Waals surface area (Å²) >= 11 is 5.58. The number of carboxylic acid groups (broad SMARTS) is 1. The van der Waals surface area contributed by atoms with Crippen molar-refractivity contribution in [3.05, 3.63) is 51.8 Å². The van der Waals surface area contributed by atoms with E-state index in [-0.39, 0.29) is 5.56 Å². The van der Waals surface area contributed by atoms with Crippen molar-refractivity contribution in [1.82, 2.24) is 4.98 Å². The van der Waals surface area contributed by atoms with E-state index in [1.54, 1.807) is 18.2 Å². The monoisotopic (exact) mass is 277 g/mol. The molecule has 19 heavy (non-hydrogen) atoms. The molecule has 0 amide bonds. The molecule has 1 aromatic heterocycles. The predicted octanol–water partition coefficient (Wildman–Crippen LogP) is 2.87. The number of nitrogens with one attached hydrogen (secondary N) is 1. The van der Waals surface area contributed by atoms with E-state index < -0.39 is 11.4 Å². The van der Waals surface area contributed by atoms with Crippen LogP contribution in [-0.2, 0) is 0 Å². The second kappa shape index (κ2) is 5.71. The zero-order valence-electron chi connectivity index (χ0n) is 10.0. The van der Waals surface area contributed by atoms with E-state index in [4.69, 9.17) is 16.7 Å². The van der Waals surface area contributed by atoms with Crippen LogP contribution in [0.15, 0.2) is 35.3 Å². The Morgan fingerprint density at radius 3 is 2.89 bits per heavy atom. The normalized spacial score (nSPS) is 11.2. The van der Waals surface area contributed by atoms with Crippen LogP contribution in [0.3, 0.4) is 0 Å². The Kier molecular flexibility index (Phi) is 4.02. The number of aromatic carboxylic acids is 1. The molecular formula is C14H12ClNO3. The zero-order chi connectivity index (χ0) is 13.8. The quantitative estimate of drug-likeness (QED) is 0.844. The Balaban J connectivity index is 2.49. The number of benzene rings is 1. The molecular weight excluding hydrogens is 266 g/mol. The van der Waals surface area contributed by atoms with Crippen molar-refractivity contribution in [3.8, 4) is 0 Å². The van der Waals surface area contributed by atoms with Gasteiger partial charge in [-0.15, -0.1) is 11.6 Å². The highest BCUT2D eigenvalue weighted by atomic mass is 35.5. The molecule has 0 bridgehead atoms. The number of hydrogen-bond acceptors (Lipinski definition) is 2. The Bertz CT molecular complexity index is 703. The highest BCUT2D eigenvalue weighted by Crippen LogP contribution is 2.13. The van der Waals surface area contributed by atoms with Crippen LogP contribution >= 0.6 is 11.6 Å². The van der Waals surface area contributed by atoms with Gasteiger partial charge in [0.05, 0.1) is 0 Å². The van der Waals surface area contributed by atoms with Crippen LogP contribution in [0.5, 0.6) is 0 Å². The fraction of sp³-hybridized carbons (Fsp3) is 0.143. The third-order valence-corrected chi connectivity index (χ3v) is 2.94. The van der Waals surface area contributed by atoms with Crippen molar-refractivity contribution in [2.24, 2.45) is 0 Å². The molecule has 0 unspecified atom stereocenters. The van der Waals surface area contributed by atoms with Crippen molar-refractivity contribution >= 4 is 34.5 Å². The van der Waals surface area contributed by atoms with Crippen molar-refractivity contribution in [3.63, 3.8) is 0 Å². The molecule has 98 valence electrons. The first-order valence-electron chi connectivity index (χ1n) is 5.74. The van der Waals surface area contributed by atoms with Crippen LogP contribution in [0.25, 0.3) is 17.0 Å². The average Bonchev–Trinajstić information content (AvgIpc) is 2.39. The number of H-pyrrole nitrogens is 1. The van der Waals surface area contributed by atoms with Gasteiger partial charge in [-0.25, -0.2) is 4.79 Å². The van der Waals surface area contributed by atoms with Gasteiger partial charge in [0.1, 0.15) is 5.56 Å². The second-order valence-electron chi connectivity index (χ2n) is 4.02. The van der Waals surface area contributed by atoms with Gasteiger partial charge in [0.15, 0.2) is 0 Å². The van der Waals surface area contributed by atoms with Gasteiger partial charge in [0.2, 0.25) is 5.43 Å². The van der Waals surface area contributed by atoms with Gasteiger partial charge in [-0.05, 0) is 24.1 Å². The summed E-state index contributed by atoms with van der Waals surface area (Å²) in [6.45, 7) is 0. The molecule has 5 heteroatoms. The molecule has 2 aromatic rings. The number of aromatic nitrogens is 1. The zero-order valence-corrected chi connectivity index (χ0v) is 10.8. The van der Waals surface area contributed by atoms with E-state index in [0.717, 1.165) is 12.0 Å². The molecule has 0 aliphatic heterocycles. The minimum absolute atomic E-state index is 0.252. The highest BCUT2D eigenvalue weighted by molar-refractivity contribution is 6.17. The molecule has 0 aliphatic rings. The third-order valence-electron chi connectivity index (χ3n) is 2.72. The van der Waals surface area contributed by atoms with Crippen molar-refractivity contribution in [2.45, 2.75) is 6.42 Å². The molecule has 2 rings (SSSR count). The molecule has 0 saturated carbocycles. The third kappa shape index (κ3) is 2.85. The Labute approximate surface area is 114 Å². The summed E-state index contributed by atoms with van der Waals surface area (Å²) in [7, 11) is 0. The number of aromatic amines is 1. The first kappa shape index (κ1) is 13.4. The molecule has 0 saturated heterocycles. The Morgan fingerprint density at radius 1 is 1.42 bits per heavy atom. The van der Waals surface area contributed by atoms with E-state index in [1.165, 1.54) is 6.20 Å². The maximum atomic E-state index is 11.9. The van der Waals surface area contributed by atoms with Crippen molar-refractivity contribution < 1.29 is 9.90 Å². The topological polar surface area (TPSA) is 70.2 Å². The smallest absolute Gasteiger partial charge is 0.341 e. The molecule has 0 atom stereocenters. The van der Waals surface area contributed by atoms with Crippen molar-refractivity contribution in [1.29, 1.82) is 0 Å². The lowest BCUT2D eigenvalue weighted by atomic mass is 10.1. The van der Waals surface area contributed by atoms with Crippen LogP contribution in [0.2, 0.25) is 0 Å². The van der Waals surface area contributed by atoms with E-state index >= 15 is 0 Å². The van der Waals surface area contributed by atoms with Gasteiger partial charge in [-0.2, -0.15) is 0 Å². The SMILES string of the molecule is O=C(O)c1c[nH]c2cc(C=CCCCl)ccc2c1=O. The largest absolute Gasteiger partial charge is 0.477 e. The summed E-state index contributed by atoms with van der Waals surface area (Å²) in [6.07, 6.45) is 5.84. The van der Waals surface area contributed by atoms with Crippen LogP contribution in [0, 0.1) is 0 Å². The molecule has 0 aliphatic carbocycles. The first-order valence-corrected chi connectivity index (χ1v) is 6.28. The van der Waals surface area contributed by atoms with Gasteiger partial charge in [-0.1, -0.05) is 18.2 Å². The molecule has 1 aromatic carbocycles. The molecule has 4 nitrogen and oxygen atoms in total. The molecule has 0 spiro atoms. The van der Waals surface area contributed by atoms with E-state index in [2.05, 4.69) is 4.98 Å². The number of hydrogen-bond donors (Lipinski definition) is 2. The summed E-state index contributed by atoms with van der Waals surface area (Å²) in [4.78, 5) is 25.6. The number of carboxylic acids is 1. The number of alkyl halides is 1. The van der Waals surface area contributed by atoms with Gasteiger partial charge >= 0.3 is 5.97 Å². The van der Waals surface area contributed by atoms with Gasteiger partial charge < -0.3 is 10.1 Å². The maximum Gasteiger partial charge on any atom is 0.341 e. The summed E-state index contributed by atoms with van der Waals surface area (Å²) in [6, 6.07) is 5.20. The predicted molar refractivity (Wildman–Crippen MR) is 75.9 cm³/mol. The minimum atomic E-state index is -1.23. The van der Waals surface area contributed by atoms with Crippen LogP contribution in [0.1, 0.15) is 22.3 Å². The van der Waals surface area contributed by atoms with Crippen LogP contribution < -0.4 is 5.43 Å². The standard InChI is InChI=1S/C14H12ClNO3/c15-6-2-1-3-9-4-5-10-12(7-9)16-8-11(13(10)17)14(18)19/h1,3-5,7-8H,2,6H2,(H,16,17)(H,18,19). The molecule has 0 fully saturated rings. The van der Waals surface area contributed by atoms with Gasteiger partial charge in [0.25, 0.3) is 0 Å². The number of allylic oxidation sites excluding steroid dienone is 1. The summed E-state index contributed by atoms with van der Waals surface area (Å²) < 4.78 is 0.